The number of phenols is 1. The van der Waals surface area contributed by atoms with E-state index in [-0.39, 0.29) is 34.3 Å². The van der Waals surface area contributed by atoms with Gasteiger partial charge >= 0.3 is 10.5 Å². The highest BCUT2D eigenvalue weighted by molar-refractivity contribution is 8.15. The Morgan fingerprint density at radius 1 is 0.971 bits per heavy atom. The van der Waals surface area contributed by atoms with Crippen LogP contribution in [0.25, 0.3) is 0 Å². The maximum atomic E-state index is 11.4. The van der Waals surface area contributed by atoms with Crippen molar-refractivity contribution in [2.24, 2.45) is 5.10 Å². The van der Waals surface area contributed by atoms with Gasteiger partial charge in [0.05, 0.1) is 17.7 Å². The van der Waals surface area contributed by atoms with Gasteiger partial charge in [-0.3, -0.25) is 19.2 Å². The van der Waals surface area contributed by atoms with Gasteiger partial charge < -0.3 is 10.0 Å². The molecule has 0 unspecified atom stereocenters. The van der Waals surface area contributed by atoms with E-state index in [0.29, 0.717) is 12.1 Å². The van der Waals surface area contributed by atoms with Crippen molar-refractivity contribution in [3.05, 3.63) is 59.7 Å². The van der Waals surface area contributed by atoms with Gasteiger partial charge in [-0.15, -0.1) is 0 Å². The quantitative estimate of drug-likeness (QED) is 0.575. The maximum Gasteiger partial charge on any atom is 0.309 e. The minimum absolute atomic E-state index is 0.0537. The Morgan fingerprint density at radius 3 is 2.18 bits per heavy atom. The van der Waals surface area contributed by atoms with E-state index in [1.54, 1.807) is 18.2 Å². The molecule has 4 rings (SSSR count). The van der Waals surface area contributed by atoms with E-state index in [1.165, 1.54) is 12.3 Å². The number of para-hydroxylation sites is 1. The van der Waals surface area contributed by atoms with Crippen LogP contribution < -0.4 is 10.3 Å². The van der Waals surface area contributed by atoms with Crippen molar-refractivity contribution in [1.82, 2.24) is 15.4 Å². The van der Waals surface area contributed by atoms with Gasteiger partial charge in [0.1, 0.15) is 5.75 Å². The van der Waals surface area contributed by atoms with Crippen LogP contribution >= 0.6 is 23.5 Å². The van der Waals surface area contributed by atoms with Crippen molar-refractivity contribution in [2.75, 3.05) is 30.5 Å². The van der Waals surface area contributed by atoms with Crippen LogP contribution in [0.5, 0.6) is 5.75 Å². The smallest absolute Gasteiger partial charge is 0.309 e. The summed E-state index contributed by atoms with van der Waals surface area (Å²) in [5, 5.41) is 14.4. The first-order chi connectivity index (χ1) is 16.3. The molecule has 0 aromatic heterocycles. The van der Waals surface area contributed by atoms with Crippen LogP contribution in [0.1, 0.15) is 11.1 Å². The van der Waals surface area contributed by atoms with E-state index in [1.807, 2.05) is 43.3 Å². The number of amides is 4. The number of aromatic hydroxyl groups is 1. The first kappa shape index (κ1) is 25.3. The third-order valence-electron chi connectivity index (χ3n) is 4.62. The molecule has 0 bridgehead atoms. The fourth-order valence-corrected chi connectivity index (χ4v) is 4.08. The highest BCUT2D eigenvalue weighted by atomic mass is 32.2. The molecule has 12 heteroatoms. The van der Waals surface area contributed by atoms with Gasteiger partial charge in [-0.2, -0.15) is 10.1 Å². The molecule has 2 heterocycles. The van der Waals surface area contributed by atoms with Crippen molar-refractivity contribution in [3.8, 4) is 5.75 Å². The third kappa shape index (κ3) is 6.59. The van der Waals surface area contributed by atoms with Crippen LogP contribution in [0.3, 0.4) is 0 Å². The molecule has 2 N–H and O–H groups in total. The normalized spacial score (nSPS) is 15.8. The van der Waals surface area contributed by atoms with Gasteiger partial charge in [0.2, 0.25) is 0 Å². The number of anilines is 1. The number of benzene rings is 2. The van der Waals surface area contributed by atoms with Crippen LogP contribution in [0.4, 0.5) is 15.3 Å². The number of rotatable bonds is 6. The van der Waals surface area contributed by atoms with E-state index in [2.05, 4.69) is 10.5 Å². The number of imide groups is 2. The van der Waals surface area contributed by atoms with E-state index in [9.17, 15) is 24.3 Å². The number of hydrogen-bond donors (Lipinski definition) is 2. The predicted octanol–water partition coefficient (Wildman–Crippen LogP) is 2.87. The summed E-state index contributed by atoms with van der Waals surface area (Å²) in [7, 11) is 3.96. The number of phenolic OH excluding ortho intramolecular Hbond substituents is 1. The molecule has 4 amide bonds. The minimum Gasteiger partial charge on any atom is -0.507 e. The van der Waals surface area contributed by atoms with Crippen LogP contribution in [0.2, 0.25) is 0 Å². The average molecular weight is 502 g/mol. The number of nitrogens with zero attached hydrogens (tertiary/aromatic N) is 4. The standard InChI is InChI=1S/C12H15N3O2S.C10H8N2O3S/c1-14(2)10-5-3-9(4-6-10)7-13-15-11(16)8-18-12(15)17;13-8-4-2-1-3-7(8)5-11-12-9(14)6-16-10(12)15/h3-6,13H,7-8H2,1-2H3;1-5,13H,6H2. The van der Waals surface area contributed by atoms with Crippen LogP contribution in [-0.4, -0.2) is 69.2 Å². The van der Waals surface area contributed by atoms with Crippen molar-refractivity contribution >= 4 is 57.7 Å². The molecule has 0 spiro atoms. The number of hydrazone groups is 1. The molecule has 0 saturated carbocycles. The van der Waals surface area contributed by atoms with Crippen molar-refractivity contribution < 1.29 is 24.3 Å². The maximum absolute atomic E-state index is 11.4. The molecule has 34 heavy (non-hydrogen) atoms. The van der Waals surface area contributed by atoms with E-state index in [4.69, 9.17) is 0 Å². The molecule has 0 radical (unpaired) electrons. The Balaban J connectivity index is 0.000000192. The molecule has 2 fully saturated rings. The summed E-state index contributed by atoms with van der Waals surface area (Å²) in [6, 6.07) is 14.5. The molecule has 2 aliphatic heterocycles. The highest BCUT2D eigenvalue weighted by Crippen LogP contribution is 2.20. The Morgan fingerprint density at radius 2 is 1.62 bits per heavy atom. The summed E-state index contributed by atoms with van der Waals surface area (Å²) >= 11 is 1.94. The Bertz CT molecular complexity index is 1080. The second-order valence-corrected chi connectivity index (χ2v) is 9.10. The van der Waals surface area contributed by atoms with Gasteiger partial charge in [0.15, 0.2) is 0 Å². The molecule has 2 aliphatic rings. The topological polar surface area (TPSA) is 123 Å². The van der Waals surface area contributed by atoms with Gasteiger partial charge in [-0.25, -0.2) is 10.4 Å². The van der Waals surface area contributed by atoms with Crippen molar-refractivity contribution in [3.63, 3.8) is 0 Å². The number of carbonyl (C=O) groups is 4. The Hall–Kier alpha value is -3.35. The summed E-state index contributed by atoms with van der Waals surface area (Å²) in [6.07, 6.45) is 1.29. The number of nitrogens with one attached hydrogen (secondary N) is 1. The van der Waals surface area contributed by atoms with Crippen molar-refractivity contribution in [1.29, 1.82) is 0 Å². The van der Waals surface area contributed by atoms with E-state index < -0.39 is 5.24 Å². The fraction of sp³-hybridized carbons (Fsp3) is 0.227. The summed E-state index contributed by atoms with van der Waals surface area (Å²) in [5.41, 5.74) is 5.44. The zero-order valence-corrected chi connectivity index (χ0v) is 20.1. The fourth-order valence-electron chi connectivity index (χ4n) is 2.77. The number of thioether (sulfide) groups is 2. The Kier molecular flexibility index (Phi) is 8.68. The zero-order chi connectivity index (χ0) is 24.7. The molecule has 2 aromatic rings. The zero-order valence-electron chi connectivity index (χ0n) is 18.5. The molecule has 10 nitrogen and oxygen atoms in total. The lowest BCUT2D eigenvalue weighted by Gasteiger charge is -2.15. The molecular formula is C22H23N5O5S2. The molecule has 178 valence electrons. The molecular weight excluding hydrogens is 478 g/mol. The molecule has 0 atom stereocenters. The van der Waals surface area contributed by atoms with Crippen LogP contribution in [0.15, 0.2) is 53.6 Å². The minimum atomic E-state index is -0.392. The monoisotopic (exact) mass is 501 g/mol. The summed E-state index contributed by atoms with van der Waals surface area (Å²) in [4.78, 5) is 47.1. The van der Waals surface area contributed by atoms with E-state index in [0.717, 1.165) is 44.8 Å². The third-order valence-corrected chi connectivity index (χ3v) is 6.25. The lowest BCUT2D eigenvalue weighted by molar-refractivity contribution is -0.127. The van der Waals surface area contributed by atoms with Crippen LogP contribution in [0, 0.1) is 0 Å². The largest absolute Gasteiger partial charge is 0.507 e. The van der Waals surface area contributed by atoms with Crippen LogP contribution in [-0.2, 0) is 16.1 Å². The number of hydrazine groups is 1. The second kappa shape index (κ2) is 11.7. The summed E-state index contributed by atoms with van der Waals surface area (Å²) in [6.45, 7) is 0.464. The molecule has 0 aliphatic carbocycles. The van der Waals surface area contributed by atoms with E-state index >= 15 is 0 Å². The van der Waals surface area contributed by atoms with Gasteiger partial charge in [0, 0.05) is 31.9 Å². The van der Waals surface area contributed by atoms with Gasteiger partial charge in [-0.05, 0) is 29.8 Å². The van der Waals surface area contributed by atoms with Crippen molar-refractivity contribution in [2.45, 2.75) is 6.54 Å². The number of hydrogen-bond acceptors (Lipinski definition) is 10. The predicted molar refractivity (Wildman–Crippen MR) is 133 cm³/mol. The Labute approximate surface area is 204 Å². The molecule has 2 saturated heterocycles. The lowest BCUT2D eigenvalue weighted by atomic mass is 10.2. The summed E-state index contributed by atoms with van der Waals surface area (Å²) < 4.78 is 0. The highest BCUT2D eigenvalue weighted by Gasteiger charge is 2.30. The van der Waals surface area contributed by atoms with Gasteiger partial charge in [0.25, 0.3) is 11.8 Å². The molecule has 2 aromatic carbocycles. The average Bonchev–Trinajstić information content (AvgIpc) is 3.32. The summed E-state index contributed by atoms with van der Waals surface area (Å²) in [5.74, 6) is -0.128. The SMILES string of the molecule is CN(C)c1ccc(CNN2C(=O)CSC2=O)cc1.O=C1CSC(=O)N1N=Cc1ccccc1O. The second-order valence-electron chi connectivity index (χ2n) is 7.24. The lowest BCUT2D eigenvalue weighted by Crippen LogP contribution is -2.41. The first-order valence-electron chi connectivity index (χ1n) is 10.1. The van der Waals surface area contributed by atoms with Gasteiger partial charge in [-0.1, -0.05) is 47.8 Å². The first-order valence-corrected chi connectivity index (χ1v) is 12.0. The number of carbonyl (C=O) groups excluding carboxylic acids is 4.